The number of hydrogen-bond acceptors (Lipinski definition) is 7. The van der Waals surface area contributed by atoms with Crippen LogP contribution in [0.1, 0.15) is 33.9 Å². The van der Waals surface area contributed by atoms with Gasteiger partial charge < -0.3 is 9.16 Å². The number of nitrogens with one attached hydrogen (secondary N) is 1. The molecule has 0 bridgehead atoms. The van der Waals surface area contributed by atoms with E-state index in [1.54, 1.807) is 30.3 Å². The van der Waals surface area contributed by atoms with Crippen LogP contribution >= 0.6 is 8.25 Å². The summed E-state index contributed by atoms with van der Waals surface area (Å²) in [5.74, 6) is 0.367. The van der Waals surface area contributed by atoms with Gasteiger partial charge in [-0.15, -0.1) is 4.52 Å². The predicted octanol–water partition coefficient (Wildman–Crippen LogP) is 4.31. The van der Waals surface area contributed by atoms with Gasteiger partial charge in [0.15, 0.2) is 26.0 Å². The molecule has 0 spiro atoms. The fourth-order valence-electron chi connectivity index (χ4n) is 4.14. The molecule has 9 nitrogen and oxygen atoms in total. The Kier molecular flexibility index (Phi) is 8.59. The molecule has 186 valence electrons. The normalized spacial score (nSPS) is 25.3. The Balaban J connectivity index is 1.86. The van der Waals surface area contributed by atoms with Gasteiger partial charge in [-0.2, -0.15) is 0 Å². The molecule has 1 N–H and O–H groups in total. The second-order valence-electron chi connectivity index (χ2n) is 8.40. The van der Waals surface area contributed by atoms with Crippen molar-refractivity contribution in [1.29, 1.82) is 0 Å². The van der Waals surface area contributed by atoms with Crippen LogP contribution in [0.4, 0.5) is 4.39 Å². The summed E-state index contributed by atoms with van der Waals surface area (Å²) < 4.78 is 52.8. The molecule has 1 unspecified atom stereocenters. The summed E-state index contributed by atoms with van der Waals surface area (Å²) in [5, 5.41) is 0. The maximum atomic E-state index is 16.3. The van der Waals surface area contributed by atoms with Crippen LogP contribution in [0, 0.1) is 0 Å². The van der Waals surface area contributed by atoms with Crippen molar-refractivity contribution in [2.45, 2.75) is 69.9 Å². The fourth-order valence-corrected chi connectivity index (χ4v) is 7.67. The van der Waals surface area contributed by atoms with E-state index in [0.29, 0.717) is 5.75 Å². The molecule has 1 aliphatic rings. The molecule has 1 fully saturated rings. The Hall–Kier alpha value is -2.17. The molecule has 2 aromatic rings. The summed E-state index contributed by atoms with van der Waals surface area (Å²) in [6, 6.07) is 12.0. The highest BCUT2D eigenvalue weighted by atomic mass is 31.1. The highest BCUT2D eigenvalue weighted by Crippen LogP contribution is 2.45. The van der Waals surface area contributed by atoms with Gasteiger partial charge in [-0.1, -0.05) is 39.0 Å². The van der Waals surface area contributed by atoms with Gasteiger partial charge in [0, 0.05) is 16.8 Å². The van der Waals surface area contributed by atoms with E-state index in [1.807, 2.05) is 20.8 Å². The molecule has 0 radical (unpaired) electrons. The quantitative estimate of drug-likeness (QED) is 0.352. The molecule has 1 aromatic heterocycles. The van der Waals surface area contributed by atoms with Crippen molar-refractivity contribution in [2.75, 3.05) is 6.61 Å². The molecular weight excluding hydrogens is 482 g/mol. The predicted molar refractivity (Wildman–Crippen MR) is 127 cm³/mol. The number of nitrogens with zero attached hydrogens (tertiary/aromatic N) is 1. The molecular formula is C22H31FN2O7PSi+. The lowest BCUT2D eigenvalue weighted by Gasteiger charge is -2.37. The minimum absolute atomic E-state index is 0.275. The number of para-hydroxylation sites is 1. The van der Waals surface area contributed by atoms with E-state index in [-0.39, 0.29) is 6.61 Å². The Morgan fingerprint density at radius 3 is 2.38 bits per heavy atom. The third kappa shape index (κ3) is 5.72. The summed E-state index contributed by atoms with van der Waals surface area (Å²) in [4.78, 5) is 26.0. The van der Waals surface area contributed by atoms with Crippen LogP contribution in [0.3, 0.4) is 0 Å². The molecule has 34 heavy (non-hydrogen) atoms. The van der Waals surface area contributed by atoms with Gasteiger partial charge in [-0.25, -0.2) is 13.7 Å². The van der Waals surface area contributed by atoms with Crippen LogP contribution in [0.25, 0.3) is 0 Å². The number of aromatic amines is 1. The lowest BCUT2D eigenvalue weighted by atomic mass is 9.98. The Bertz CT molecular complexity index is 1080. The standard InChI is InChI=1S/C22H30FN2O7PSi/c1-5-34(6-2,7-3)32-19-17(15-29-33(28)31-16-11-9-8-10-12-16)30-20(22(19,4)23)25-14-13-18(26)24-21(25)27/h8-14,17,19-20H,5-7,15H2,1-4H3/p+1/t17-,19-,20-,22-/m1/s1. The van der Waals surface area contributed by atoms with Gasteiger partial charge in [0.1, 0.15) is 18.8 Å². The van der Waals surface area contributed by atoms with Crippen molar-refractivity contribution in [3.63, 3.8) is 0 Å². The minimum atomic E-state index is -2.56. The van der Waals surface area contributed by atoms with E-state index < -0.39 is 51.9 Å². The average Bonchev–Trinajstić information content (AvgIpc) is 3.06. The molecule has 1 saturated heterocycles. The first-order chi connectivity index (χ1) is 16.2. The second-order valence-corrected chi connectivity index (χ2v) is 14.0. The van der Waals surface area contributed by atoms with Crippen LogP contribution in [0.5, 0.6) is 5.75 Å². The average molecular weight is 514 g/mol. The van der Waals surface area contributed by atoms with Crippen LogP contribution in [-0.4, -0.2) is 42.4 Å². The van der Waals surface area contributed by atoms with E-state index in [2.05, 4.69) is 4.98 Å². The number of H-pyrrole nitrogens is 1. The minimum Gasteiger partial charge on any atom is -0.408 e. The second kappa shape index (κ2) is 11.0. The van der Waals surface area contributed by atoms with Gasteiger partial charge in [-0.3, -0.25) is 14.3 Å². The van der Waals surface area contributed by atoms with Crippen LogP contribution in [0.2, 0.25) is 18.1 Å². The molecule has 2 heterocycles. The number of hydrogen-bond donors (Lipinski definition) is 1. The van der Waals surface area contributed by atoms with Gasteiger partial charge in [0.2, 0.25) is 0 Å². The van der Waals surface area contributed by atoms with E-state index >= 15 is 4.39 Å². The van der Waals surface area contributed by atoms with Crippen molar-refractivity contribution < 1.29 is 27.2 Å². The lowest BCUT2D eigenvalue weighted by molar-refractivity contribution is -0.0586. The molecule has 3 rings (SSSR count). The number of alkyl halides is 1. The number of halogens is 1. The number of rotatable bonds is 11. The van der Waals surface area contributed by atoms with Crippen molar-refractivity contribution >= 4 is 16.6 Å². The van der Waals surface area contributed by atoms with Crippen LogP contribution in [-0.2, 0) is 18.3 Å². The third-order valence-corrected chi connectivity index (χ3v) is 11.7. The zero-order chi connectivity index (χ0) is 24.9. The third-order valence-electron chi connectivity index (χ3n) is 6.36. The van der Waals surface area contributed by atoms with E-state index in [0.717, 1.165) is 28.8 Å². The van der Waals surface area contributed by atoms with Crippen molar-refractivity contribution in [1.82, 2.24) is 9.55 Å². The number of ether oxygens (including phenoxy) is 1. The highest BCUT2D eigenvalue weighted by molar-refractivity contribution is 7.33. The first-order valence-corrected chi connectivity index (χ1v) is 14.9. The topological polar surface area (TPSA) is 109 Å². The summed E-state index contributed by atoms with van der Waals surface area (Å²) >= 11 is 0. The van der Waals surface area contributed by atoms with Crippen molar-refractivity contribution in [3.8, 4) is 5.75 Å². The lowest BCUT2D eigenvalue weighted by Crippen LogP contribution is -2.51. The van der Waals surface area contributed by atoms with Crippen molar-refractivity contribution in [3.05, 3.63) is 63.4 Å². The molecule has 0 saturated carbocycles. The molecule has 0 aliphatic carbocycles. The molecule has 5 atom stereocenters. The maximum absolute atomic E-state index is 16.3. The molecule has 0 amide bonds. The fraction of sp³-hybridized carbons (Fsp3) is 0.545. The summed E-state index contributed by atoms with van der Waals surface area (Å²) in [7, 11) is -4.87. The van der Waals surface area contributed by atoms with E-state index in [9.17, 15) is 14.2 Å². The molecule has 12 heteroatoms. The highest BCUT2D eigenvalue weighted by Gasteiger charge is 2.59. The summed E-state index contributed by atoms with van der Waals surface area (Å²) in [5.41, 5.74) is -3.54. The Morgan fingerprint density at radius 2 is 1.79 bits per heavy atom. The smallest absolute Gasteiger partial charge is 0.408 e. The molecule has 1 aromatic carbocycles. The van der Waals surface area contributed by atoms with E-state index in [4.69, 9.17) is 18.2 Å². The van der Waals surface area contributed by atoms with Gasteiger partial charge in [-0.05, 0) is 37.2 Å². The van der Waals surface area contributed by atoms with E-state index in [1.165, 1.54) is 13.1 Å². The van der Waals surface area contributed by atoms with Crippen LogP contribution in [0.15, 0.2) is 52.2 Å². The first kappa shape index (κ1) is 26.4. The summed E-state index contributed by atoms with van der Waals surface area (Å²) in [6.07, 6.45) is -2.23. The molecule has 1 aliphatic heterocycles. The zero-order valence-corrected chi connectivity index (χ0v) is 21.6. The zero-order valence-electron chi connectivity index (χ0n) is 19.7. The number of aromatic nitrogens is 2. The number of benzene rings is 1. The Labute approximate surface area is 199 Å². The monoisotopic (exact) mass is 513 g/mol. The maximum Gasteiger partial charge on any atom is 0.750 e. The van der Waals surface area contributed by atoms with Crippen molar-refractivity contribution in [2.24, 2.45) is 0 Å². The SMILES string of the molecule is CC[Si](CC)(CC)O[C@@H]1[C@@H](CO[P+](=O)Oc2ccccc2)O[C@@H](n2ccc(=O)[nH]c2=O)[C@]1(C)F. The largest absolute Gasteiger partial charge is 0.750 e. The first-order valence-electron chi connectivity index (χ1n) is 11.3. The summed E-state index contributed by atoms with van der Waals surface area (Å²) in [6.45, 7) is 7.09. The Morgan fingerprint density at radius 1 is 1.15 bits per heavy atom. The van der Waals surface area contributed by atoms with Gasteiger partial charge in [0.05, 0.1) is 0 Å². The van der Waals surface area contributed by atoms with Gasteiger partial charge in [0.25, 0.3) is 5.56 Å². The van der Waals surface area contributed by atoms with Gasteiger partial charge >= 0.3 is 13.9 Å². The van der Waals surface area contributed by atoms with Crippen LogP contribution < -0.4 is 15.8 Å².